The van der Waals surface area contributed by atoms with Gasteiger partial charge < -0.3 is 14.7 Å². The molecule has 7 heteroatoms. The Bertz CT molecular complexity index is 944. The van der Waals surface area contributed by atoms with Crippen LogP contribution in [0.2, 0.25) is 5.02 Å². The molecule has 5 nitrogen and oxygen atoms in total. The van der Waals surface area contributed by atoms with E-state index in [1.54, 1.807) is 29.2 Å². The third kappa shape index (κ3) is 3.36. The van der Waals surface area contributed by atoms with Crippen LogP contribution in [-0.4, -0.2) is 41.0 Å². The highest BCUT2D eigenvalue weighted by Gasteiger charge is 2.47. The number of hydrogen-bond donors (Lipinski definition) is 1. The van der Waals surface area contributed by atoms with Gasteiger partial charge in [0.25, 0.3) is 11.7 Å². The molecule has 2 fully saturated rings. The van der Waals surface area contributed by atoms with E-state index >= 15 is 0 Å². The minimum absolute atomic E-state index is 0.0865. The molecule has 28 heavy (non-hydrogen) atoms. The highest BCUT2D eigenvalue weighted by Crippen LogP contribution is 2.43. The average molecular weight is 418 g/mol. The maximum atomic E-state index is 12.9. The number of thiophene rings is 1. The monoisotopic (exact) mass is 417 g/mol. The van der Waals surface area contributed by atoms with E-state index in [0.29, 0.717) is 23.7 Å². The summed E-state index contributed by atoms with van der Waals surface area (Å²) in [5.41, 5.74) is 1.56. The number of ketones is 1. The number of nitrogens with zero attached hydrogens (tertiary/aromatic N) is 1. The van der Waals surface area contributed by atoms with Crippen molar-refractivity contribution >= 4 is 40.4 Å². The van der Waals surface area contributed by atoms with Crippen LogP contribution in [0.5, 0.6) is 0 Å². The number of amides is 1. The first-order chi connectivity index (χ1) is 13.5. The Balaban J connectivity index is 1.82. The Labute approximate surface area is 172 Å². The smallest absolute Gasteiger partial charge is 0.295 e. The van der Waals surface area contributed by atoms with Gasteiger partial charge in [-0.3, -0.25) is 9.59 Å². The summed E-state index contributed by atoms with van der Waals surface area (Å²) >= 11 is 7.42. The maximum Gasteiger partial charge on any atom is 0.295 e. The Morgan fingerprint density at radius 2 is 2.04 bits per heavy atom. The number of ether oxygens (including phenoxy) is 1. The minimum Gasteiger partial charge on any atom is -0.507 e. The van der Waals surface area contributed by atoms with E-state index in [2.05, 4.69) is 0 Å². The first-order valence-corrected chi connectivity index (χ1v) is 10.4. The van der Waals surface area contributed by atoms with E-state index in [1.165, 1.54) is 11.3 Å². The first kappa shape index (κ1) is 19.2. The Hall–Kier alpha value is -2.15. The summed E-state index contributed by atoms with van der Waals surface area (Å²) in [4.78, 5) is 28.2. The second kappa shape index (κ2) is 7.70. The number of Topliss-reactive ketones (excluding diaryl/α,β-unsaturated/α-hetero) is 1. The lowest BCUT2D eigenvalue weighted by Crippen LogP contribution is -2.36. The summed E-state index contributed by atoms with van der Waals surface area (Å²) in [6.07, 6.45) is 1.72. The number of aliphatic hydroxyl groups is 1. The molecule has 2 atom stereocenters. The highest BCUT2D eigenvalue weighted by atomic mass is 35.5. The molecule has 2 saturated heterocycles. The number of carbonyl (C=O) groups excluding carboxylic acids is 2. The van der Waals surface area contributed by atoms with E-state index in [1.807, 2.05) is 18.4 Å². The lowest BCUT2D eigenvalue weighted by Gasteiger charge is -2.27. The van der Waals surface area contributed by atoms with Crippen molar-refractivity contribution < 1.29 is 19.4 Å². The molecule has 2 aliphatic heterocycles. The van der Waals surface area contributed by atoms with Crippen LogP contribution < -0.4 is 0 Å². The van der Waals surface area contributed by atoms with Gasteiger partial charge in [-0.1, -0.05) is 11.6 Å². The van der Waals surface area contributed by atoms with E-state index in [-0.39, 0.29) is 17.4 Å². The molecule has 0 aliphatic carbocycles. The molecule has 2 unspecified atom stereocenters. The van der Waals surface area contributed by atoms with Gasteiger partial charge in [-0.05, 0) is 61.0 Å². The third-order valence-corrected chi connectivity index (χ3v) is 6.56. The van der Waals surface area contributed by atoms with Crippen LogP contribution in [0.4, 0.5) is 0 Å². The summed E-state index contributed by atoms with van der Waals surface area (Å²) in [5.74, 6) is -1.44. The molecule has 0 saturated carbocycles. The van der Waals surface area contributed by atoms with Crippen LogP contribution in [0.25, 0.3) is 5.76 Å². The summed E-state index contributed by atoms with van der Waals surface area (Å²) in [6.45, 7) is 2.95. The van der Waals surface area contributed by atoms with Crippen molar-refractivity contribution in [1.29, 1.82) is 0 Å². The summed E-state index contributed by atoms with van der Waals surface area (Å²) in [7, 11) is 0. The van der Waals surface area contributed by atoms with Crippen molar-refractivity contribution in [3.8, 4) is 0 Å². The maximum absolute atomic E-state index is 12.9. The minimum atomic E-state index is -0.664. The molecule has 0 spiro atoms. The second-order valence-electron chi connectivity index (χ2n) is 7.06. The molecule has 146 valence electrons. The van der Waals surface area contributed by atoms with Crippen LogP contribution in [0.15, 0.2) is 41.3 Å². The Kier molecular flexibility index (Phi) is 5.27. The van der Waals surface area contributed by atoms with Crippen molar-refractivity contribution in [3.63, 3.8) is 0 Å². The van der Waals surface area contributed by atoms with Gasteiger partial charge in [-0.25, -0.2) is 0 Å². The standard InChI is InChI=1S/C21H20ClNO4S/c1-12-8-10-28-20(12)17-16(18(24)13-4-6-14(22)7-5-13)19(25)21(26)23(17)11-15-3-2-9-27-15/h4-8,10,15,17,24H,2-3,9,11H2,1H3/b18-16+. The van der Waals surface area contributed by atoms with Gasteiger partial charge in [0.2, 0.25) is 0 Å². The van der Waals surface area contributed by atoms with E-state index in [4.69, 9.17) is 16.3 Å². The molecule has 1 aromatic carbocycles. The van der Waals surface area contributed by atoms with Gasteiger partial charge in [0, 0.05) is 28.6 Å². The molecular weight excluding hydrogens is 398 g/mol. The molecule has 1 aromatic heterocycles. The fourth-order valence-electron chi connectivity index (χ4n) is 3.78. The molecule has 1 amide bonds. The second-order valence-corrected chi connectivity index (χ2v) is 8.45. The van der Waals surface area contributed by atoms with Crippen LogP contribution >= 0.6 is 22.9 Å². The first-order valence-electron chi connectivity index (χ1n) is 9.17. The van der Waals surface area contributed by atoms with Gasteiger partial charge >= 0.3 is 0 Å². The zero-order chi connectivity index (χ0) is 19.8. The molecule has 2 aromatic rings. The normalized spacial score (nSPS) is 24.3. The van der Waals surface area contributed by atoms with Crippen LogP contribution in [0.3, 0.4) is 0 Å². The largest absolute Gasteiger partial charge is 0.507 e. The van der Waals surface area contributed by atoms with Crippen molar-refractivity contribution in [2.24, 2.45) is 0 Å². The highest BCUT2D eigenvalue weighted by molar-refractivity contribution is 7.10. The average Bonchev–Trinajstić information content (AvgIpc) is 3.39. The van der Waals surface area contributed by atoms with E-state index < -0.39 is 17.7 Å². The quantitative estimate of drug-likeness (QED) is 0.457. The zero-order valence-electron chi connectivity index (χ0n) is 15.4. The SMILES string of the molecule is Cc1ccsc1C1/C(=C(\O)c2ccc(Cl)cc2)C(=O)C(=O)N1CC1CCCO1. The predicted octanol–water partition coefficient (Wildman–Crippen LogP) is 4.31. The van der Waals surface area contributed by atoms with Crippen molar-refractivity contribution in [3.05, 3.63) is 62.3 Å². The number of benzene rings is 1. The number of rotatable bonds is 4. The van der Waals surface area contributed by atoms with Crippen LogP contribution in [0.1, 0.15) is 34.9 Å². The van der Waals surface area contributed by atoms with Gasteiger partial charge in [-0.2, -0.15) is 0 Å². The lowest BCUT2D eigenvalue weighted by atomic mass is 9.98. The molecule has 4 rings (SSSR count). The van der Waals surface area contributed by atoms with Crippen LogP contribution in [0, 0.1) is 6.92 Å². The Morgan fingerprint density at radius 3 is 2.64 bits per heavy atom. The number of hydrogen-bond acceptors (Lipinski definition) is 5. The number of aryl methyl sites for hydroxylation is 1. The van der Waals surface area contributed by atoms with Gasteiger partial charge in [-0.15, -0.1) is 11.3 Å². The molecule has 0 radical (unpaired) electrons. The van der Waals surface area contributed by atoms with E-state index in [0.717, 1.165) is 23.3 Å². The molecule has 2 aliphatic rings. The van der Waals surface area contributed by atoms with Gasteiger partial charge in [0.05, 0.1) is 17.7 Å². The summed E-state index contributed by atoms with van der Waals surface area (Å²) in [6, 6.07) is 7.91. The number of aliphatic hydroxyl groups excluding tert-OH is 1. The van der Waals surface area contributed by atoms with Crippen LogP contribution in [-0.2, 0) is 14.3 Å². The zero-order valence-corrected chi connectivity index (χ0v) is 16.9. The molecule has 1 N–H and O–H groups in total. The third-order valence-electron chi connectivity index (χ3n) is 5.23. The Morgan fingerprint density at radius 1 is 1.29 bits per heavy atom. The van der Waals surface area contributed by atoms with Crippen molar-refractivity contribution in [1.82, 2.24) is 4.90 Å². The molecule has 3 heterocycles. The van der Waals surface area contributed by atoms with Crippen molar-refractivity contribution in [2.75, 3.05) is 13.2 Å². The fourth-order valence-corrected chi connectivity index (χ4v) is 4.95. The van der Waals surface area contributed by atoms with Gasteiger partial charge in [0.15, 0.2) is 0 Å². The number of halogens is 1. The molecular formula is C21H20ClNO4S. The lowest BCUT2D eigenvalue weighted by molar-refractivity contribution is -0.140. The summed E-state index contributed by atoms with van der Waals surface area (Å²) in [5, 5.41) is 13.4. The number of carbonyl (C=O) groups is 2. The number of likely N-dealkylation sites (tertiary alicyclic amines) is 1. The summed E-state index contributed by atoms with van der Waals surface area (Å²) < 4.78 is 5.69. The van der Waals surface area contributed by atoms with Gasteiger partial charge in [0.1, 0.15) is 5.76 Å². The molecule has 0 bridgehead atoms. The topological polar surface area (TPSA) is 66.8 Å². The fraction of sp³-hybridized carbons (Fsp3) is 0.333. The van der Waals surface area contributed by atoms with E-state index in [9.17, 15) is 14.7 Å². The predicted molar refractivity (Wildman–Crippen MR) is 108 cm³/mol. The van der Waals surface area contributed by atoms with Crippen molar-refractivity contribution in [2.45, 2.75) is 31.9 Å².